The Kier molecular flexibility index (Phi) is 4.96. The molecule has 1 aliphatic heterocycles. The summed E-state index contributed by atoms with van der Waals surface area (Å²) in [5.74, 6) is -2.38. The van der Waals surface area contributed by atoms with Gasteiger partial charge in [-0.2, -0.15) is 0 Å². The molecular weight excluding hydrogens is 408 g/mol. The van der Waals surface area contributed by atoms with Crippen LogP contribution in [0.4, 0.5) is 5.13 Å². The third kappa shape index (κ3) is 3.09. The predicted octanol–water partition coefficient (Wildman–Crippen LogP) is 3.46. The van der Waals surface area contributed by atoms with E-state index < -0.39 is 23.7 Å². The van der Waals surface area contributed by atoms with E-state index >= 15 is 0 Å². The zero-order valence-corrected chi connectivity index (χ0v) is 16.8. The van der Waals surface area contributed by atoms with Crippen molar-refractivity contribution >= 4 is 39.9 Å². The van der Waals surface area contributed by atoms with Crippen molar-refractivity contribution in [3.63, 3.8) is 0 Å². The second-order valence-corrected chi connectivity index (χ2v) is 7.43. The average molecular weight is 424 g/mol. The number of anilines is 1. The normalized spacial score (nSPS) is 18.1. The van der Waals surface area contributed by atoms with Gasteiger partial charge in [0.15, 0.2) is 5.13 Å². The van der Waals surface area contributed by atoms with Crippen molar-refractivity contribution in [3.8, 4) is 0 Å². The molecule has 1 aromatic carbocycles. The largest absolute Gasteiger partial charge is 0.507 e. The molecule has 1 fully saturated rings. The molecular formula is C21H16N2O6S. The van der Waals surface area contributed by atoms with Crippen LogP contribution in [-0.2, 0) is 14.3 Å². The van der Waals surface area contributed by atoms with E-state index in [1.54, 1.807) is 49.4 Å². The second-order valence-electron chi connectivity index (χ2n) is 6.45. The fourth-order valence-electron chi connectivity index (χ4n) is 3.26. The van der Waals surface area contributed by atoms with Gasteiger partial charge in [0, 0.05) is 5.56 Å². The van der Waals surface area contributed by atoms with Crippen molar-refractivity contribution in [1.29, 1.82) is 0 Å². The summed E-state index contributed by atoms with van der Waals surface area (Å²) < 4.78 is 10.2. The molecule has 1 aliphatic rings. The summed E-state index contributed by atoms with van der Waals surface area (Å²) in [6.45, 7) is 1.61. The minimum Gasteiger partial charge on any atom is -0.507 e. The number of carbonyl (C=O) groups is 3. The van der Waals surface area contributed by atoms with E-state index in [9.17, 15) is 19.5 Å². The molecule has 3 aromatic rings. The van der Waals surface area contributed by atoms with E-state index in [-0.39, 0.29) is 27.1 Å². The number of aryl methyl sites for hydroxylation is 1. The van der Waals surface area contributed by atoms with Crippen molar-refractivity contribution in [1.82, 2.24) is 4.98 Å². The first-order valence-corrected chi connectivity index (χ1v) is 9.71. The number of carbonyl (C=O) groups excluding carboxylic acids is 3. The highest BCUT2D eigenvalue weighted by atomic mass is 32.1. The van der Waals surface area contributed by atoms with Gasteiger partial charge in [0.1, 0.15) is 22.4 Å². The first kappa shape index (κ1) is 19.6. The van der Waals surface area contributed by atoms with Crippen molar-refractivity contribution in [2.45, 2.75) is 13.0 Å². The van der Waals surface area contributed by atoms with Gasteiger partial charge in [-0.05, 0) is 19.1 Å². The smallest absolute Gasteiger partial charge is 0.350 e. The number of methoxy groups -OCH3 is 1. The van der Waals surface area contributed by atoms with Crippen LogP contribution in [0, 0.1) is 6.92 Å². The van der Waals surface area contributed by atoms with Crippen molar-refractivity contribution in [2.75, 3.05) is 12.0 Å². The molecule has 0 aliphatic carbocycles. The summed E-state index contributed by atoms with van der Waals surface area (Å²) >= 11 is 0.927. The molecule has 1 N–H and O–H groups in total. The highest BCUT2D eigenvalue weighted by Gasteiger charge is 2.49. The number of hydrogen-bond donors (Lipinski definition) is 1. The number of amides is 1. The molecule has 152 valence electrons. The summed E-state index contributed by atoms with van der Waals surface area (Å²) in [6, 6.07) is 10.6. The van der Waals surface area contributed by atoms with Crippen molar-refractivity contribution < 1.29 is 28.6 Å². The van der Waals surface area contributed by atoms with Crippen molar-refractivity contribution in [2.24, 2.45) is 0 Å². The predicted molar refractivity (Wildman–Crippen MR) is 108 cm³/mol. The second kappa shape index (κ2) is 7.60. The fraction of sp³-hybridized carbons (Fsp3) is 0.143. The van der Waals surface area contributed by atoms with Gasteiger partial charge in [0.25, 0.3) is 5.78 Å². The Balaban J connectivity index is 1.90. The molecule has 0 bridgehead atoms. The van der Waals surface area contributed by atoms with Gasteiger partial charge in [-0.25, -0.2) is 9.78 Å². The Morgan fingerprint density at radius 1 is 1.20 bits per heavy atom. The number of hydrogen-bond acceptors (Lipinski definition) is 8. The van der Waals surface area contributed by atoms with Gasteiger partial charge in [0.2, 0.25) is 0 Å². The molecule has 1 unspecified atom stereocenters. The van der Waals surface area contributed by atoms with Crippen LogP contribution in [0.3, 0.4) is 0 Å². The third-order valence-electron chi connectivity index (χ3n) is 4.67. The molecule has 9 heteroatoms. The first-order valence-electron chi connectivity index (χ1n) is 8.89. The number of thiazole rings is 1. The van der Waals surface area contributed by atoms with Gasteiger partial charge >= 0.3 is 11.9 Å². The number of ether oxygens (including phenoxy) is 1. The molecule has 1 saturated heterocycles. The van der Waals surface area contributed by atoms with Crippen LogP contribution in [0.15, 0.2) is 58.7 Å². The number of esters is 1. The number of Topliss-reactive ketones (excluding diaryl/α,β-unsaturated/α-hetero) is 1. The van der Waals surface area contributed by atoms with Crippen LogP contribution in [0.5, 0.6) is 0 Å². The van der Waals surface area contributed by atoms with Gasteiger partial charge in [-0.3, -0.25) is 14.5 Å². The summed E-state index contributed by atoms with van der Waals surface area (Å²) in [7, 11) is 1.25. The monoisotopic (exact) mass is 424 g/mol. The highest BCUT2D eigenvalue weighted by molar-refractivity contribution is 7.17. The van der Waals surface area contributed by atoms with Gasteiger partial charge in [0.05, 0.1) is 24.6 Å². The molecule has 0 radical (unpaired) electrons. The molecule has 0 spiro atoms. The average Bonchev–Trinajstić information content (AvgIpc) is 3.47. The molecule has 3 heterocycles. The SMILES string of the molecule is COC(=O)c1sc(N2C(=O)C(=O)/C(=C(\O)c3ccccc3)C2c2ccco2)nc1C. The minimum atomic E-state index is -1.03. The van der Waals surface area contributed by atoms with Crippen LogP contribution in [0.1, 0.15) is 32.7 Å². The number of ketones is 1. The Labute approximate surface area is 175 Å². The maximum atomic E-state index is 13.0. The van der Waals surface area contributed by atoms with Gasteiger partial charge in [-0.1, -0.05) is 41.7 Å². The van der Waals surface area contributed by atoms with Crippen LogP contribution in [0.25, 0.3) is 5.76 Å². The van der Waals surface area contributed by atoms with Crippen LogP contribution < -0.4 is 4.90 Å². The van der Waals surface area contributed by atoms with E-state index in [1.165, 1.54) is 13.4 Å². The lowest BCUT2D eigenvalue weighted by atomic mass is 9.99. The maximum absolute atomic E-state index is 13.0. The Morgan fingerprint density at radius 3 is 2.57 bits per heavy atom. The molecule has 1 amide bonds. The van der Waals surface area contributed by atoms with Crippen LogP contribution in [0.2, 0.25) is 0 Å². The molecule has 1 atom stereocenters. The van der Waals surface area contributed by atoms with Crippen LogP contribution >= 0.6 is 11.3 Å². The van der Waals surface area contributed by atoms with Crippen LogP contribution in [-0.4, -0.2) is 34.9 Å². The van der Waals surface area contributed by atoms with E-state index in [2.05, 4.69) is 4.98 Å². The van der Waals surface area contributed by atoms with E-state index in [4.69, 9.17) is 9.15 Å². The lowest BCUT2D eigenvalue weighted by molar-refractivity contribution is -0.132. The first-order chi connectivity index (χ1) is 14.4. The summed E-state index contributed by atoms with van der Waals surface area (Å²) in [4.78, 5) is 43.5. The fourth-order valence-corrected chi connectivity index (χ4v) is 4.28. The number of nitrogens with zero attached hydrogens (tertiary/aromatic N) is 2. The van der Waals surface area contributed by atoms with Gasteiger partial charge in [-0.15, -0.1) is 0 Å². The number of aliphatic hydroxyl groups is 1. The summed E-state index contributed by atoms with van der Waals surface area (Å²) in [6.07, 6.45) is 1.41. The Hall–Kier alpha value is -3.72. The third-order valence-corrected chi connectivity index (χ3v) is 5.80. The zero-order chi connectivity index (χ0) is 21.4. The van der Waals surface area contributed by atoms with E-state index in [1.807, 2.05) is 0 Å². The van der Waals surface area contributed by atoms with Crippen molar-refractivity contribution in [3.05, 3.63) is 76.2 Å². The number of rotatable bonds is 4. The number of aromatic nitrogens is 1. The van der Waals surface area contributed by atoms with Gasteiger partial charge < -0.3 is 14.3 Å². The molecule has 4 rings (SSSR count). The maximum Gasteiger partial charge on any atom is 0.350 e. The summed E-state index contributed by atoms with van der Waals surface area (Å²) in [5, 5.41) is 11.0. The Bertz CT molecular complexity index is 1160. The molecule has 30 heavy (non-hydrogen) atoms. The number of furan rings is 1. The minimum absolute atomic E-state index is 0.117. The standard InChI is InChI=1S/C21H16N2O6S/c1-11-18(20(27)28-2)30-21(22-11)23-15(13-9-6-10-29-13)14(17(25)19(23)26)16(24)12-7-4-3-5-8-12/h3-10,15,24H,1-2H3/b16-14-. The lowest BCUT2D eigenvalue weighted by Gasteiger charge is -2.20. The number of benzene rings is 1. The zero-order valence-electron chi connectivity index (χ0n) is 16.0. The number of aliphatic hydroxyl groups excluding tert-OH is 1. The molecule has 2 aromatic heterocycles. The van der Waals surface area contributed by atoms with E-state index in [0.29, 0.717) is 11.3 Å². The summed E-state index contributed by atoms with van der Waals surface area (Å²) in [5.41, 5.74) is 0.635. The lowest BCUT2D eigenvalue weighted by Crippen LogP contribution is -2.29. The molecule has 8 nitrogen and oxygen atoms in total. The Morgan fingerprint density at radius 2 is 1.93 bits per heavy atom. The quantitative estimate of drug-likeness (QED) is 0.296. The highest BCUT2D eigenvalue weighted by Crippen LogP contribution is 2.43. The van der Waals surface area contributed by atoms with E-state index in [0.717, 1.165) is 16.2 Å². The topological polar surface area (TPSA) is 110 Å². The molecule has 0 saturated carbocycles.